The van der Waals surface area contributed by atoms with Gasteiger partial charge >= 0.3 is 0 Å². The van der Waals surface area contributed by atoms with E-state index in [-0.39, 0.29) is 0 Å². The third-order valence-electron chi connectivity index (χ3n) is 2.83. The highest BCUT2D eigenvalue weighted by Gasteiger charge is 2.21. The van der Waals surface area contributed by atoms with E-state index in [1.807, 2.05) is 39.1 Å². The second kappa shape index (κ2) is 5.12. The monoisotopic (exact) mass is 208 g/mol. The summed E-state index contributed by atoms with van der Waals surface area (Å²) in [6.45, 7) is 6.54. The summed E-state index contributed by atoms with van der Waals surface area (Å²) in [5, 5.41) is 13.2. The Bertz CT molecular complexity index is 291. The molecule has 0 aliphatic heterocycles. The quantitative estimate of drug-likeness (QED) is 0.780. The zero-order valence-corrected chi connectivity index (χ0v) is 9.75. The summed E-state index contributed by atoms with van der Waals surface area (Å²) in [5.74, 6) is 0.820. The number of aryl methyl sites for hydroxylation is 1. The number of hydrogen-bond acceptors (Lipinski definition) is 3. The second-order valence-corrected chi connectivity index (χ2v) is 4.01. The first-order chi connectivity index (χ1) is 7.09. The lowest BCUT2D eigenvalue weighted by Gasteiger charge is -2.25. The smallest absolute Gasteiger partial charge is 0.125 e. The van der Waals surface area contributed by atoms with E-state index in [2.05, 4.69) is 10.3 Å². The number of nitrogens with one attached hydrogen (secondary N) is 1. The first kappa shape index (κ1) is 12.0. The molecule has 0 spiro atoms. The lowest BCUT2D eigenvalue weighted by Crippen LogP contribution is -2.35. The fourth-order valence-corrected chi connectivity index (χ4v) is 1.33. The van der Waals surface area contributed by atoms with E-state index in [1.165, 1.54) is 0 Å². The summed E-state index contributed by atoms with van der Waals surface area (Å²) in [5.41, 5.74) is 0.522. The van der Waals surface area contributed by atoms with Gasteiger partial charge in [-0.25, -0.2) is 4.98 Å². The molecule has 84 valence electrons. The van der Waals surface area contributed by atoms with Crippen LogP contribution in [0.15, 0.2) is 18.3 Å². The molecule has 3 heteroatoms. The predicted octanol–water partition coefficient (Wildman–Crippen LogP) is 2.35. The van der Waals surface area contributed by atoms with Crippen molar-refractivity contribution in [1.82, 2.24) is 4.98 Å². The molecule has 0 bridgehead atoms. The van der Waals surface area contributed by atoms with Gasteiger partial charge < -0.3 is 10.4 Å². The van der Waals surface area contributed by atoms with Crippen LogP contribution in [0.5, 0.6) is 0 Å². The fourth-order valence-electron chi connectivity index (χ4n) is 1.33. The van der Waals surface area contributed by atoms with Crippen LogP contribution >= 0.6 is 0 Å². The standard InChI is InChI=1S/C12H20N2O/c1-4-12(15,5-2)9-14-11-7-6-10(3)8-13-11/h6-8,15H,4-5,9H2,1-3H3,(H,13,14). The number of anilines is 1. The van der Waals surface area contributed by atoms with Gasteiger partial charge in [0.05, 0.1) is 5.60 Å². The van der Waals surface area contributed by atoms with Gasteiger partial charge in [0, 0.05) is 12.7 Å². The van der Waals surface area contributed by atoms with Crippen LogP contribution in [0.3, 0.4) is 0 Å². The van der Waals surface area contributed by atoms with Crippen LogP contribution in [0, 0.1) is 6.92 Å². The van der Waals surface area contributed by atoms with Gasteiger partial charge in [0.2, 0.25) is 0 Å². The van der Waals surface area contributed by atoms with E-state index in [0.717, 1.165) is 24.2 Å². The highest BCUT2D eigenvalue weighted by atomic mass is 16.3. The summed E-state index contributed by atoms with van der Waals surface area (Å²) < 4.78 is 0. The van der Waals surface area contributed by atoms with Crippen LogP contribution in [0.1, 0.15) is 32.3 Å². The van der Waals surface area contributed by atoms with Crippen LogP contribution in [0.25, 0.3) is 0 Å². The van der Waals surface area contributed by atoms with Gasteiger partial charge in [0.1, 0.15) is 5.82 Å². The van der Waals surface area contributed by atoms with Crippen LogP contribution < -0.4 is 5.32 Å². The van der Waals surface area contributed by atoms with Crippen molar-refractivity contribution in [2.24, 2.45) is 0 Å². The average molecular weight is 208 g/mol. The minimum absolute atomic E-state index is 0.552. The van der Waals surface area contributed by atoms with Gasteiger partial charge in [0.15, 0.2) is 0 Å². The lowest BCUT2D eigenvalue weighted by molar-refractivity contribution is 0.0456. The van der Waals surface area contributed by atoms with Crippen LogP contribution in [0.2, 0.25) is 0 Å². The second-order valence-electron chi connectivity index (χ2n) is 4.01. The molecule has 1 aromatic heterocycles. The number of aliphatic hydroxyl groups is 1. The molecule has 0 saturated carbocycles. The Kier molecular flexibility index (Phi) is 4.09. The molecule has 0 aliphatic rings. The van der Waals surface area contributed by atoms with Crippen molar-refractivity contribution in [3.63, 3.8) is 0 Å². The van der Waals surface area contributed by atoms with Crippen LogP contribution in [-0.2, 0) is 0 Å². The lowest BCUT2D eigenvalue weighted by atomic mass is 9.98. The zero-order chi connectivity index (χ0) is 11.3. The van der Waals surface area contributed by atoms with E-state index in [1.54, 1.807) is 0 Å². The molecule has 0 unspecified atom stereocenters. The number of hydrogen-bond donors (Lipinski definition) is 2. The molecule has 0 aromatic carbocycles. The minimum Gasteiger partial charge on any atom is -0.388 e. The third kappa shape index (κ3) is 3.51. The summed E-state index contributed by atoms with van der Waals surface area (Å²) >= 11 is 0. The molecule has 1 heterocycles. The highest BCUT2D eigenvalue weighted by Crippen LogP contribution is 2.15. The summed E-state index contributed by atoms with van der Waals surface area (Å²) in [6, 6.07) is 3.94. The Morgan fingerprint density at radius 3 is 2.47 bits per heavy atom. The summed E-state index contributed by atoms with van der Waals surface area (Å²) in [6.07, 6.45) is 3.32. The molecular weight excluding hydrogens is 188 g/mol. The molecule has 0 saturated heterocycles. The summed E-state index contributed by atoms with van der Waals surface area (Å²) in [7, 11) is 0. The minimum atomic E-state index is -0.618. The Hall–Kier alpha value is -1.09. The van der Waals surface area contributed by atoms with Crippen molar-refractivity contribution in [3.05, 3.63) is 23.9 Å². The Morgan fingerprint density at radius 2 is 2.00 bits per heavy atom. The molecule has 0 amide bonds. The van der Waals surface area contributed by atoms with Crippen molar-refractivity contribution in [1.29, 1.82) is 0 Å². The molecule has 0 aliphatic carbocycles. The molecule has 1 rings (SSSR count). The maximum atomic E-state index is 10.1. The molecule has 0 radical (unpaired) electrons. The Balaban J connectivity index is 2.53. The largest absolute Gasteiger partial charge is 0.388 e. The maximum Gasteiger partial charge on any atom is 0.125 e. The van der Waals surface area contributed by atoms with Crippen molar-refractivity contribution in [2.75, 3.05) is 11.9 Å². The Labute approximate surface area is 91.5 Å². The van der Waals surface area contributed by atoms with Gasteiger partial charge in [-0.05, 0) is 31.4 Å². The zero-order valence-electron chi connectivity index (χ0n) is 9.75. The van der Waals surface area contributed by atoms with Gasteiger partial charge in [-0.1, -0.05) is 19.9 Å². The van der Waals surface area contributed by atoms with E-state index in [9.17, 15) is 5.11 Å². The highest BCUT2D eigenvalue weighted by molar-refractivity contribution is 5.35. The van der Waals surface area contributed by atoms with Gasteiger partial charge in [-0.3, -0.25) is 0 Å². The number of nitrogens with zero attached hydrogens (tertiary/aromatic N) is 1. The molecule has 15 heavy (non-hydrogen) atoms. The van der Waals surface area contributed by atoms with Crippen molar-refractivity contribution in [2.45, 2.75) is 39.2 Å². The maximum absolute atomic E-state index is 10.1. The van der Waals surface area contributed by atoms with E-state index in [4.69, 9.17) is 0 Å². The van der Waals surface area contributed by atoms with Gasteiger partial charge in [-0.2, -0.15) is 0 Å². The van der Waals surface area contributed by atoms with Crippen molar-refractivity contribution < 1.29 is 5.11 Å². The molecule has 3 nitrogen and oxygen atoms in total. The summed E-state index contributed by atoms with van der Waals surface area (Å²) in [4.78, 5) is 4.23. The van der Waals surface area contributed by atoms with E-state index in [0.29, 0.717) is 6.54 Å². The fraction of sp³-hybridized carbons (Fsp3) is 0.583. The van der Waals surface area contributed by atoms with Gasteiger partial charge in [0.25, 0.3) is 0 Å². The third-order valence-corrected chi connectivity index (χ3v) is 2.83. The van der Waals surface area contributed by atoms with E-state index < -0.39 is 5.60 Å². The molecule has 1 aromatic rings. The van der Waals surface area contributed by atoms with E-state index >= 15 is 0 Å². The number of aromatic nitrogens is 1. The first-order valence-electron chi connectivity index (χ1n) is 5.48. The average Bonchev–Trinajstić information content (AvgIpc) is 2.28. The van der Waals surface area contributed by atoms with Gasteiger partial charge in [-0.15, -0.1) is 0 Å². The molecule has 0 atom stereocenters. The SMILES string of the molecule is CCC(O)(CC)CNc1ccc(C)cn1. The molecular formula is C12H20N2O. The number of rotatable bonds is 5. The molecule has 0 fully saturated rings. The molecule has 2 N–H and O–H groups in total. The van der Waals surface area contributed by atoms with Crippen molar-refractivity contribution >= 4 is 5.82 Å². The van der Waals surface area contributed by atoms with Crippen molar-refractivity contribution in [3.8, 4) is 0 Å². The Morgan fingerprint density at radius 1 is 1.33 bits per heavy atom. The van der Waals surface area contributed by atoms with Crippen LogP contribution in [0.4, 0.5) is 5.82 Å². The van der Waals surface area contributed by atoms with Crippen LogP contribution in [-0.4, -0.2) is 22.2 Å². The number of pyridine rings is 1. The topological polar surface area (TPSA) is 45.1 Å². The normalized spacial score (nSPS) is 11.5. The predicted molar refractivity (Wildman–Crippen MR) is 63.0 cm³/mol. The first-order valence-corrected chi connectivity index (χ1v) is 5.48.